The van der Waals surface area contributed by atoms with Crippen molar-refractivity contribution in [1.29, 1.82) is 0 Å². The summed E-state index contributed by atoms with van der Waals surface area (Å²) in [5, 5.41) is 3.49. The molecule has 1 unspecified atom stereocenters. The lowest BCUT2D eigenvalue weighted by molar-refractivity contribution is 0.391. The molecule has 0 aromatic carbocycles. The molecule has 0 aliphatic rings. The Bertz CT molecular complexity index is 91.5. The highest BCUT2D eigenvalue weighted by atomic mass is 14.9. The van der Waals surface area contributed by atoms with Crippen LogP contribution in [0.15, 0.2) is 0 Å². The number of nitrogens with one attached hydrogen (secondary N) is 1. The molecule has 1 N–H and O–H groups in total. The number of rotatable bonds is 4. The van der Waals surface area contributed by atoms with E-state index in [2.05, 4.69) is 39.9 Å². The van der Waals surface area contributed by atoms with E-state index in [1.165, 1.54) is 12.8 Å². The Kier molecular flexibility index (Phi) is 4.74. The molecule has 0 saturated heterocycles. The SMILES string of the molecule is CCC(C)CCNC(C)(C)C. The monoisotopic (exact) mass is 157 g/mol. The van der Waals surface area contributed by atoms with Crippen LogP contribution in [-0.4, -0.2) is 12.1 Å². The van der Waals surface area contributed by atoms with Gasteiger partial charge in [0.2, 0.25) is 0 Å². The third-order valence-electron chi connectivity index (χ3n) is 1.99. The first-order valence-electron chi connectivity index (χ1n) is 4.70. The lowest BCUT2D eigenvalue weighted by atomic mass is 10.0. The number of hydrogen-bond donors (Lipinski definition) is 1. The molecule has 0 aromatic rings. The van der Waals surface area contributed by atoms with Crippen molar-refractivity contribution in [1.82, 2.24) is 5.32 Å². The minimum absolute atomic E-state index is 0.285. The first-order valence-corrected chi connectivity index (χ1v) is 4.70. The minimum atomic E-state index is 0.285. The van der Waals surface area contributed by atoms with E-state index >= 15 is 0 Å². The average Bonchev–Trinajstić information content (AvgIpc) is 1.85. The fourth-order valence-electron chi connectivity index (χ4n) is 0.898. The second-order valence-corrected chi connectivity index (χ2v) is 4.48. The van der Waals surface area contributed by atoms with Crippen LogP contribution in [0.5, 0.6) is 0 Å². The zero-order valence-electron chi connectivity index (χ0n) is 8.70. The van der Waals surface area contributed by atoms with Crippen molar-refractivity contribution in [2.45, 2.75) is 53.0 Å². The average molecular weight is 157 g/mol. The van der Waals surface area contributed by atoms with Gasteiger partial charge in [-0.15, -0.1) is 0 Å². The van der Waals surface area contributed by atoms with Gasteiger partial charge >= 0.3 is 0 Å². The van der Waals surface area contributed by atoms with Crippen molar-refractivity contribution in [3.8, 4) is 0 Å². The van der Waals surface area contributed by atoms with Crippen LogP contribution in [0.3, 0.4) is 0 Å². The maximum atomic E-state index is 3.49. The molecule has 0 fully saturated rings. The predicted octanol–water partition coefficient (Wildman–Crippen LogP) is 2.81. The van der Waals surface area contributed by atoms with E-state index in [1.807, 2.05) is 0 Å². The molecule has 0 bridgehead atoms. The van der Waals surface area contributed by atoms with E-state index in [0.29, 0.717) is 0 Å². The van der Waals surface area contributed by atoms with Crippen molar-refractivity contribution < 1.29 is 0 Å². The molecule has 0 heterocycles. The fourth-order valence-corrected chi connectivity index (χ4v) is 0.898. The van der Waals surface area contributed by atoms with Crippen LogP contribution in [0.25, 0.3) is 0 Å². The quantitative estimate of drug-likeness (QED) is 0.661. The van der Waals surface area contributed by atoms with Gasteiger partial charge in [-0.3, -0.25) is 0 Å². The molecule has 0 rings (SSSR count). The topological polar surface area (TPSA) is 12.0 Å². The van der Waals surface area contributed by atoms with Crippen LogP contribution in [-0.2, 0) is 0 Å². The van der Waals surface area contributed by atoms with Crippen LogP contribution in [0.4, 0.5) is 0 Å². The molecule has 0 aliphatic heterocycles. The van der Waals surface area contributed by atoms with E-state index in [1.54, 1.807) is 0 Å². The molecular weight excluding hydrogens is 134 g/mol. The van der Waals surface area contributed by atoms with E-state index in [0.717, 1.165) is 12.5 Å². The van der Waals surface area contributed by atoms with Gasteiger partial charge in [0, 0.05) is 5.54 Å². The summed E-state index contributed by atoms with van der Waals surface area (Å²) in [6, 6.07) is 0. The zero-order valence-corrected chi connectivity index (χ0v) is 8.70. The maximum absolute atomic E-state index is 3.49. The van der Waals surface area contributed by atoms with Crippen LogP contribution in [0, 0.1) is 5.92 Å². The van der Waals surface area contributed by atoms with Crippen LogP contribution in [0.1, 0.15) is 47.5 Å². The van der Waals surface area contributed by atoms with E-state index < -0.39 is 0 Å². The van der Waals surface area contributed by atoms with Crippen molar-refractivity contribution in [2.75, 3.05) is 6.54 Å². The van der Waals surface area contributed by atoms with Gasteiger partial charge in [-0.05, 0) is 39.7 Å². The molecule has 0 spiro atoms. The Hall–Kier alpha value is -0.0400. The molecule has 68 valence electrons. The summed E-state index contributed by atoms with van der Waals surface area (Å²) in [7, 11) is 0. The van der Waals surface area contributed by atoms with Gasteiger partial charge in [-0.2, -0.15) is 0 Å². The summed E-state index contributed by atoms with van der Waals surface area (Å²) in [4.78, 5) is 0. The third kappa shape index (κ3) is 7.86. The maximum Gasteiger partial charge on any atom is 0.00965 e. The first kappa shape index (κ1) is 11.0. The van der Waals surface area contributed by atoms with Crippen molar-refractivity contribution in [3.63, 3.8) is 0 Å². The molecule has 0 aliphatic carbocycles. The molecule has 1 atom stereocenters. The van der Waals surface area contributed by atoms with E-state index in [4.69, 9.17) is 0 Å². The zero-order chi connectivity index (χ0) is 8.91. The normalized spacial score (nSPS) is 15.0. The van der Waals surface area contributed by atoms with E-state index in [-0.39, 0.29) is 5.54 Å². The second-order valence-electron chi connectivity index (χ2n) is 4.48. The van der Waals surface area contributed by atoms with Crippen LogP contribution in [0.2, 0.25) is 0 Å². The Labute approximate surface area is 71.6 Å². The molecule has 1 heteroatoms. The van der Waals surface area contributed by atoms with Crippen molar-refractivity contribution in [2.24, 2.45) is 5.92 Å². The highest BCUT2D eigenvalue weighted by Crippen LogP contribution is 2.06. The van der Waals surface area contributed by atoms with Crippen molar-refractivity contribution in [3.05, 3.63) is 0 Å². The first-order chi connectivity index (χ1) is 4.95. The molecule has 0 radical (unpaired) electrons. The summed E-state index contributed by atoms with van der Waals surface area (Å²) in [5.41, 5.74) is 0.285. The van der Waals surface area contributed by atoms with Gasteiger partial charge in [-0.25, -0.2) is 0 Å². The Balaban J connectivity index is 3.28. The van der Waals surface area contributed by atoms with E-state index in [9.17, 15) is 0 Å². The standard InChI is InChI=1S/C10H23N/c1-6-9(2)7-8-11-10(3,4)5/h9,11H,6-8H2,1-5H3. The van der Waals surface area contributed by atoms with Gasteiger partial charge in [-0.1, -0.05) is 20.3 Å². The third-order valence-corrected chi connectivity index (χ3v) is 1.99. The van der Waals surface area contributed by atoms with Crippen LogP contribution >= 0.6 is 0 Å². The van der Waals surface area contributed by atoms with Gasteiger partial charge < -0.3 is 5.32 Å². The van der Waals surface area contributed by atoms with Gasteiger partial charge in [0.1, 0.15) is 0 Å². The molecule has 0 saturated carbocycles. The predicted molar refractivity (Wildman–Crippen MR) is 51.8 cm³/mol. The Morgan fingerprint density at radius 2 is 1.82 bits per heavy atom. The van der Waals surface area contributed by atoms with Crippen molar-refractivity contribution >= 4 is 0 Å². The summed E-state index contributed by atoms with van der Waals surface area (Å²) in [5.74, 6) is 0.866. The molecular formula is C10H23N. The molecule has 1 nitrogen and oxygen atoms in total. The summed E-state index contributed by atoms with van der Waals surface area (Å²) in [6.07, 6.45) is 2.60. The van der Waals surface area contributed by atoms with Gasteiger partial charge in [0.25, 0.3) is 0 Å². The van der Waals surface area contributed by atoms with Crippen LogP contribution < -0.4 is 5.32 Å². The summed E-state index contributed by atoms with van der Waals surface area (Å²) < 4.78 is 0. The van der Waals surface area contributed by atoms with Gasteiger partial charge in [0.15, 0.2) is 0 Å². The largest absolute Gasteiger partial charge is 0.312 e. The highest BCUT2D eigenvalue weighted by Gasteiger charge is 2.08. The highest BCUT2D eigenvalue weighted by molar-refractivity contribution is 4.70. The lowest BCUT2D eigenvalue weighted by Gasteiger charge is -2.21. The Morgan fingerprint density at radius 1 is 1.27 bits per heavy atom. The summed E-state index contributed by atoms with van der Waals surface area (Å²) >= 11 is 0. The molecule has 0 aromatic heterocycles. The lowest BCUT2D eigenvalue weighted by Crippen LogP contribution is -2.36. The molecule has 11 heavy (non-hydrogen) atoms. The molecule has 0 amide bonds. The fraction of sp³-hybridized carbons (Fsp3) is 1.00. The van der Waals surface area contributed by atoms with Gasteiger partial charge in [0.05, 0.1) is 0 Å². The summed E-state index contributed by atoms with van der Waals surface area (Å²) in [6.45, 7) is 12.3. The smallest absolute Gasteiger partial charge is 0.00965 e. The second kappa shape index (κ2) is 4.76. The number of hydrogen-bond acceptors (Lipinski definition) is 1. The minimum Gasteiger partial charge on any atom is -0.312 e. The Morgan fingerprint density at radius 3 is 2.18 bits per heavy atom.